The lowest BCUT2D eigenvalue weighted by molar-refractivity contribution is 0.241. The molecule has 6 heteroatoms. The molecular weight excluding hydrogens is 362 g/mol. The van der Waals surface area contributed by atoms with Crippen molar-refractivity contribution in [1.82, 2.24) is 14.9 Å². The standard InChI is InChI=1S/C20H17N3OS2/c24-19-15-10-17(13-4-2-1-3-5-13)26-20(15)22-18(21-19)12-23-8-6-16-14(11-23)7-9-25-16/h1-5,7,9-10H,6,8,11-12H2,(H,21,22,24). The van der Waals surface area contributed by atoms with Crippen molar-refractivity contribution in [2.45, 2.75) is 19.5 Å². The number of nitrogens with one attached hydrogen (secondary N) is 1. The molecule has 4 aromatic rings. The predicted octanol–water partition coefficient (Wildman–Crippen LogP) is 4.27. The van der Waals surface area contributed by atoms with Crippen molar-refractivity contribution in [3.8, 4) is 10.4 Å². The number of hydrogen-bond donors (Lipinski definition) is 1. The van der Waals surface area contributed by atoms with E-state index in [1.165, 1.54) is 10.4 Å². The van der Waals surface area contributed by atoms with Gasteiger partial charge in [-0.3, -0.25) is 9.69 Å². The third-order valence-corrected chi connectivity index (χ3v) is 6.87. The Balaban J connectivity index is 1.45. The van der Waals surface area contributed by atoms with Gasteiger partial charge in [0, 0.05) is 22.8 Å². The highest BCUT2D eigenvalue weighted by Crippen LogP contribution is 2.31. The van der Waals surface area contributed by atoms with Crippen LogP contribution in [0.15, 0.2) is 52.6 Å². The molecule has 5 rings (SSSR count). The molecule has 0 fully saturated rings. The lowest BCUT2D eigenvalue weighted by Gasteiger charge is -2.26. The number of nitrogens with zero attached hydrogens (tertiary/aromatic N) is 2. The maximum atomic E-state index is 12.5. The Labute approximate surface area is 158 Å². The molecule has 0 bridgehead atoms. The second-order valence-corrected chi connectivity index (χ2v) is 8.57. The van der Waals surface area contributed by atoms with Gasteiger partial charge in [-0.15, -0.1) is 22.7 Å². The van der Waals surface area contributed by atoms with Gasteiger partial charge in [0.25, 0.3) is 5.56 Å². The zero-order chi connectivity index (χ0) is 17.5. The van der Waals surface area contributed by atoms with Gasteiger partial charge in [0.15, 0.2) is 0 Å². The third-order valence-electron chi connectivity index (χ3n) is 4.77. The molecule has 0 atom stereocenters. The normalized spacial score (nSPS) is 14.6. The topological polar surface area (TPSA) is 49.0 Å². The highest BCUT2D eigenvalue weighted by Gasteiger charge is 2.19. The second kappa shape index (κ2) is 6.46. The van der Waals surface area contributed by atoms with E-state index in [0.717, 1.165) is 40.6 Å². The quantitative estimate of drug-likeness (QED) is 0.578. The Hall–Kier alpha value is -2.28. The highest BCUT2D eigenvalue weighted by atomic mass is 32.1. The van der Waals surface area contributed by atoms with Gasteiger partial charge in [0.1, 0.15) is 10.7 Å². The van der Waals surface area contributed by atoms with Crippen LogP contribution < -0.4 is 5.56 Å². The minimum Gasteiger partial charge on any atom is -0.309 e. The van der Waals surface area contributed by atoms with Crippen molar-refractivity contribution >= 4 is 32.9 Å². The zero-order valence-electron chi connectivity index (χ0n) is 14.1. The van der Waals surface area contributed by atoms with E-state index in [0.29, 0.717) is 11.9 Å². The number of fused-ring (bicyclic) bond motifs is 2. The van der Waals surface area contributed by atoms with Gasteiger partial charge in [-0.2, -0.15) is 0 Å². The van der Waals surface area contributed by atoms with Gasteiger partial charge < -0.3 is 4.98 Å². The maximum absolute atomic E-state index is 12.5. The van der Waals surface area contributed by atoms with E-state index in [-0.39, 0.29) is 5.56 Å². The number of hydrogen-bond acceptors (Lipinski definition) is 5. The fraction of sp³-hybridized carbons (Fsp3) is 0.200. The molecule has 4 heterocycles. The summed E-state index contributed by atoms with van der Waals surface area (Å²) < 4.78 is 0. The fourth-order valence-electron chi connectivity index (χ4n) is 3.45. The summed E-state index contributed by atoms with van der Waals surface area (Å²) in [5, 5.41) is 2.84. The van der Waals surface area contributed by atoms with E-state index >= 15 is 0 Å². The number of aromatic amines is 1. The number of aromatic nitrogens is 2. The molecule has 26 heavy (non-hydrogen) atoms. The van der Waals surface area contributed by atoms with Crippen molar-refractivity contribution in [2.24, 2.45) is 0 Å². The number of benzene rings is 1. The average Bonchev–Trinajstić information content (AvgIpc) is 3.29. The second-order valence-electron chi connectivity index (χ2n) is 6.54. The van der Waals surface area contributed by atoms with E-state index in [1.54, 1.807) is 11.3 Å². The first-order valence-corrected chi connectivity index (χ1v) is 10.3. The van der Waals surface area contributed by atoms with Gasteiger partial charge in [0.05, 0.1) is 11.9 Å². The number of H-pyrrole nitrogens is 1. The Morgan fingerprint density at radius 2 is 2.08 bits per heavy atom. The van der Waals surface area contributed by atoms with Gasteiger partial charge >= 0.3 is 0 Å². The minimum atomic E-state index is -0.0448. The van der Waals surface area contributed by atoms with Crippen molar-refractivity contribution in [1.29, 1.82) is 0 Å². The lowest BCUT2D eigenvalue weighted by atomic mass is 10.1. The van der Waals surface area contributed by atoms with E-state index < -0.39 is 0 Å². The summed E-state index contributed by atoms with van der Waals surface area (Å²) >= 11 is 3.42. The van der Waals surface area contributed by atoms with Crippen LogP contribution >= 0.6 is 22.7 Å². The molecule has 1 aliphatic heterocycles. The molecule has 4 nitrogen and oxygen atoms in total. The third kappa shape index (κ3) is 2.90. The summed E-state index contributed by atoms with van der Waals surface area (Å²) in [6.07, 6.45) is 1.08. The molecule has 1 aromatic carbocycles. The molecular formula is C20H17N3OS2. The van der Waals surface area contributed by atoms with Crippen LogP contribution in [0.3, 0.4) is 0 Å². The molecule has 0 saturated carbocycles. The molecule has 0 radical (unpaired) electrons. The minimum absolute atomic E-state index is 0.0448. The molecule has 0 amide bonds. The van der Waals surface area contributed by atoms with Gasteiger partial charge in [-0.25, -0.2) is 4.98 Å². The van der Waals surface area contributed by atoms with E-state index in [2.05, 4.69) is 33.5 Å². The van der Waals surface area contributed by atoms with Crippen molar-refractivity contribution in [3.63, 3.8) is 0 Å². The molecule has 0 unspecified atom stereocenters. The maximum Gasteiger partial charge on any atom is 0.259 e. The summed E-state index contributed by atoms with van der Waals surface area (Å²) in [4.78, 5) is 26.0. The van der Waals surface area contributed by atoms with Crippen LogP contribution in [0.25, 0.3) is 20.7 Å². The Morgan fingerprint density at radius 3 is 2.96 bits per heavy atom. The zero-order valence-corrected chi connectivity index (χ0v) is 15.7. The van der Waals surface area contributed by atoms with Gasteiger partial charge in [-0.1, -0.05) is 30.3 Å². The summed E-state index contributed by atoms with van der Waals surface area (Å²) in [7, 11) is 0. The van der Waals surface area contributed by atoms with Crippen molar-refractivity contribution in [3.05, 3.63) is 74.5 Å². The Morgan fingerprint density at radius 1 is 1.19 bits per heavy atom. The Bertz CT molecular complexity index is 1130. The SMILES string of the molecule is O=c1[nH]c(CN2CCc3sccc3C2)nc2sc(-c3ccccc3)cc12. The summed E-state index contributed by atoms with van der Waals surface area (Å²) in [6, 6.07) is 14.3. The first-order chi connectivity index (χ1) is 12.8. The van der Waals surface area contributed by atoms with E-state index in [1.807, 2.05) is 35.6 Å². The number of thiophene rings is 2. The lowest BCUT2D eigenvalue weighted by Crippen LogP contribution is -2.30. The first-order valence-electron chi connectivity index (χ1n) is 8.62. The predicted molar refractivity (Wildman–Crippen MR) is 108 cm³/mol. The molecule has 0 spiro atoms. The van der Waals surface area contributed by atoms with Gasteiger partial charge in [0.2, 0.25) is 0 Å². The van der Waals surface area contributed by atoms with Crippen LogP contribution in [0.2, 0.25) is 0 Å². The van der Waals surface area contributed by atoms with Crippen LogP contribution in [0.4, 0.5) is 0 Å². The van der Waals surface area contributed by atoms with E-state index in [4.69, 9.17) is 4.98 Å². The molecule has 0 aliphatic carbocycles. The van der Waals surface area contributed by atoms with Crippen molar-refractivity contribution in [2.75, 3.05) is 6.54 Å². The Kier molecular flexibility index (Phi) is 3.96. The van der Waals surface area contributed by atoms with Crippen LogP contribution in [-0.2, 0) is 19.5 Å². The summed E-state index contributed by atoms with van der Waals surface area (Å²) in [5.74, 6) is 0.752. The van der Waals surface area contributed by atoms with Crippen LogP contribution in [0.5, 0.6) is 0 Å². The monoisotopic (exact) mass is 379 g/mol. The molecule has 1 aliphatic rings. The molecule has 0 saturated heterocycles. The first kappa shape index (κ1) is 15.9. The highest BCUT2D eigenvalue weighted by molar-refractivity contribution is 7.21. The van der Waals surface area contributed by atoms with Crippen LogP contribution in [0, 0.1) is 0 Å². The van der Waals surface area contributed by atoms with Gasteiger partial charge in [-0.05, 0) is 35.1 Å². The fourth-order valence-corrected chi connectivity index (χ4v) is 5.40. The molecule has 1 N–H and O–H groups in total. The molecule has 3 aromatic heterocycles. The van der Waals surface area contributed by atoms with E-state index in [9.17, 15) is 4.79 Å². The molecule has 130 valence electrons. The summed E-state index contributed by atoms with van der Waals surface area (Å²) in [6.45, 7) is 2.62. The van der Waals surface area contributed by atoms with Crippen molar-refractivity contribution < 1.29 is 0 Å². The number of rotatable bonds is 3. The summed E-state index contributed by atoms with van der Waals surface area (Å²) in [5.41, 5.74) is 2.49. The largest absolute Gasteiger partial charge is 0.309 e. The van der Waals surface area contributed by atoms with Crippen LogP contribution in [0.1, 0.15) is 16.3 Å². The smallest absolute Gasteiger partial charge is 0.259 e. The van der Waals surface area contributed by atoms with Crippen LogP contribution in [-0.4, -0.2) is 21.4 Å². The average molecular weight is 380 g/mol.